The molecule has 2 heteroatoms. The van der Waals surface area contributed by atoms with Crippen LogP contribution in [-0.2, 0) is 0 Å². The third-order valence-electron chi connectivity index (χ3n) is 3.46. The van der Waals surface area contributed by atoms with Crippen molar-refractivity contribution in [3.8, 4) is 0 Å². The maximum atomic E-state index is 13.1. The maximum Gasteiger partial charge on any atom is 0.123 e. The van der Waals surface area contributed by atoms with E-state index in [9.17, 15) is 4.39 Å². The van der Waals surface area contributed by atoms with Gasteiger partial charge in [0, 0.05) is 12.1 Å². The van der Waals surface area contributed by atoms with Gasteiger partial charge in [-0.1, -0.05) is 32.9 Å². The number of halogens is 1. The summed E-state index contributed by atoms with van der Waals surface area (Å²) < 4.78 is 13.1. The van der Waals surface area contributed by atoms with Crippen molar-refractivity contribution in [2.45, 2.75) is 65.8 Å². The zero-order chi connectivity index (χ0) is 15.4. The van der Waals surface area contributed by atoms with Crippen LogP contribution in [-0.4, -0.2) is 12.1 Å². The van der Waals surface area contributed by atoms with Gasteiger partial charge in [0.25, 0.3) is 0 Å². The minimum absolute atomic E-state index is 0.111. The first kappa shape index (κ1) is 17.2. The molecule has 0 bridgehead atoms. The summed E-state index contributed by atoms with van der Waals surface area (Å²) in [5.74, 6) is 0.279. The smallest absolute Gasteiger partial charge is 0.123 e. The van der Waals surface area contributed by atoms with E-state index >= 15 is 0 Å². The standard InChI is InChI=1S/C18H30FN/c1-17(2,3)12-11-15(13-20-18(4,5)6)14-7-9-16(19)10-8-14/h7-10,15,20H,11-13H2,1-6H3. The average molecular weight is 279 g/mol. The quantitative estimate of drug-likeness (QED) is 0.788. The highest BCUT2D eigenvalue weighted by atomic mass is 19.1. The van der Waals surface area contributed by atoms with Crippen LogP contribution < -0.4 is 5.32 Å². The predicted octanol–water partition coefficient (Wildman–Crippen LogP) is 5.12. The van der Waals surface area contributed by atoms with Crippen LogP contribution in [0.2, 0.25) is 0 Å². The molecule has 0 radical (unpaired) electrons. The van der Waals surface area contributed by atoms with Crippen LogP contribution in [0.1, 0.15) is 65.9 Å². The molecule has 0 heterocycles. The van der Waals surface area contributed by atoms with Gasteiger partial charge in [-0.15, -0.1) is 0 Å². The SMILES string of the molecule is CC(C)(C)CCC(CNC(C)(C)C)c1ccc(F)cc1. The van der Waals surface area contributed by atoms with Crippen molar-refractivity contribution >= 4 is 0 Å². The number of nitrogens with one attached hydrogen (secondary N) is 1. The van der Waals surface area contributed by atoms with Crippen LogP contribution in [0.15, 0.2) is 24.3 Å². The largest absolute Gasteiger partial charge is 0.311 e. The zero-order valence-corrected chi connectivity index (χ0v) is 13.9. The van der Waals surface area contributed by atoms with Crippen molar-refractivity contribution in [2.75, 3.05) is 6.54 Å². The second-order valence-electron chi connectivity index (χ2n) is 7.98. The Balaban J connectivity index is 2.75. The summed E-state index contributed by atoms with van der Waals surface area (Å²) in [5.41, 5.74) is 1.67. The fourth-order valence-electron chi connectivity index (χ4n) is 2.16. The predicted molar refractivity (Wildman–Crippen MR) is 85.6 cm³/mol. The third-order valence-corrected chi connectivity index (χ3v) is 3.46. The normalized spacial score (nSPS) is 14.3. The van der Waals surface area contributed by atoms with Gasteiger partial charge >= 0.3 is 0 Å². The lowest BCUT2D eigenvalue weighted by Crippen LogP contribution is -2.38. The summed E-state index contributed by atoms with van der Waals surface area (Å²) in [6, 6.07) is 6.98. The molecule has 1 nitrogen and oxygen atoms in total. The molecular weight excluding hydrogens is 249 g/mol. The molecule has 114 valence electrons. The Morgan fingerprint density at radius 2 is 1.55 bits per heavy atom. The fourth-order valence-corrected chi connectivity index (χ4v) is 2.16. The van der Waals surface area contributed by atoms with Gasteiger partial charge in [-0.25, -0.2) is 4.39 Å². The van der Waals surface area contributed by atoms with Gasteiger partial charge in [-0.3, -0.25) is 0 Å². The van der Waals surface area contributed by atoms with Crippen molar-refractivity contribution in [2.24, 2.45) is 5.41 Å². The van der Waals surface area contributed by atoms with Gasteiger partial charge < -0.3 is 5.32 Å². The highest BCUT2D eigenvalue weighted by Crippen LogP contribution is 2.29. The summed E-state index contributed by atoms with van der Waals surface area (Å²) in [7, 11) is 0. The van der Waals surface area contributed by atoms with Crippen LogP contribution in [0, 0.1) is 11.2 Å². The highest BCUT2D eigenvalue weighted by Gasteiger charge is 2.19. The lowest BCUT2D eigenvalue weighted by Gasteiger charge is -2.28. The fraction of sp³-hybridized carbons (Fsp3) is 0.667. The summed E-state index contributed by atoms with van der Waals surface area (Å²) >= 11 is 0. The first-order valence-corrected chi connectivity index (χ1v) is 7.57. The van der Waals surface area contributed by atoms with E-state index in [4.69, 9.17) is 0 Å². The molecule has 0 amide bonds. The van der Waals surface area contributed by atoms with E-state index in [1.165, 1.54) is 12.0 Å². The lowest BCUT2D eigenvalue weighted by molar-refractivity contribution is 0.330. The number of hydrogen-bond donors (Lipinski definition) is 1. The first-order chi connectivity index (χ1) is 9.07. The molecular formula is C18H30FN. The lowest BCUT2D eigenvalue weighted by atomic mass is 9.84. The molecule has 1 atom stereocenters. The minimum Gasteiger partial charge on any atom is -0.311 e. The van der Waals surface area contributed by atoms with Crippen molar-refractivity contribution < 1.29 is 4.39 Å². The number of benzene rings is 1. The minimum atomic E-state index is -0.160. The van der Waals surface area contributed by atoms with Crippen LogP contribution in [0.3, 0.4) is 0 Å². The summed E-state index contributed by atoms with van der Waals surface area (Å²) in [6.07, 6.45) is 2.29. The number of hydrogen-bond acceptors (Lipinski definition) is 1. The van der Waals surface area contributed by atoms with Crippen LogP contribution in [0.4, 0.5) is 4.39 Å². The molecule has 1 aromatic rings. The monoisotopic (exact) mass is 279 g/mol. The molecule has 1 aromatic carbocycles. The van der Waals surface area contributed by atoms with E-state index in [1.54, 1.807) is 12.1 Å². The Bertz CT molecular complexity index is 377. The Morgan fingerprint density at radius 3 is 2.00 bits per heavy atom. The number of rotatable bonds is 5. The molecule has 0 saturated heterocycles. The van der Waals surface area contributed by atoms with Crippen molar-refractivity contribution in [1.82, 2.24) is 5.32 Å². The van der Waals surface area contributed by atoms with Crippen molar-refractivity contribution in [1.29, 1.82) is 0 Å². The van der Waals surface area contributed by atoms with Crippen molar-refractivity contribution in [3.63, 3.8) is 0 Å². The Hall–Kier alpha value is -0.890. The van der Waals surface area contributed by atoms with Gasteiger partial charge in [0.1, 0.15) is 5.82 Å². The van der Waals surface area contributed by atoms with Gasteiger partial charge in [0.05, 0.1) is 0 Å². The van der Waals surface area contributed by atoms with Gasteiger partial charge in [-0.2, -0.15) is 0 Å². The Morgan fingerprint density at radius 1 is 1.00 bits per heavy atom. The molecule has 0 aliphatic rings. The molecule has 0 aromatic heterocycles. The Labute approximate surface area is 124 Å². The van der Waals surface area contributed by atoms with E-state index in [1.807, 2.05) is 12.1 Å². The molecule has 1 unspecified atom stereocenters. The Kier molecular flexibility index (Phi) is 5.76. The second-order valence-corrected chi connectivity index (χ2v) is 7.98. The maximum absolute atomic E-state index is 13.1. The van der Waals surface area contributed by atoms with Crippen LogP contribution in [0.25, 0.3) is 0 Å². The highest BCUT2D eigenvalue weighted by molar-refractivity contribution is 5.21. The second kappa shape index (κ2) is 6.71. The molecule has 20 heavy (non-hydrogen) atoms. The average Bonchev–Trinajstić information content (AvgIpc) is 2.28. The molecule has 1 N–H and O–H groups in total. The van der Waals surface area contributed by atoms with Crippen LogP contribution >= 0.6 is 0 Å². The van der Waals surface area contributed by atoms with E-state index < -0.39 is 0 Å². The van der Waals surface area contributed by atoms with E-state index in [0.717, 1.165) is 13.0 Å². The topological polar surface area (TPSA) is 12.0 Å². The van der Waals surface area contributed by atoms with Crippen molar-refractivity contribution in [3.05, 3.63) is 35.6 Å². The molecule has 0 aliphatic heterocycles. The van der Waals surface area contributed by atoms with Crippen LogP contribution in [0.5, 0.6) is 0 Å². The zero-order valence-electron chi connectivity index (χ0n) is 13.9. The molecule has 1 rings (SSSR count). The summed E-state index contributed by atoms with van der Waals surface area (Å²) in [6.45, 7) is 14.3. The molecule has 0 aliphatic carbocycles. The van der Waals surface area contributed by atoms with E-state index in [-0.39, 0.29) is 11.4 Å². The van der Waals surface area contributed by atoms with E-state index in [2.05, 4.69) is 46.9 Å². The third kappa shape index (κ3) is 7.04. The van der Waals surface area contributed by atoms with Gasteiger partial charge in [0.15, 0.2) is 0 Å². The molecule has 0 spiro atoms. The van der Waals surface area contributed by atoms with Gasteiger partial charge in [-0.05, 0) is 62.6 Å². The molecule has 0 fully saturated rings. The van der Waals surface area contributed by atoms with E-state index in [0.29, 0.717) is 11.3 Å². The summed E-state index contributed by atoms with van der Waals surface area (Å²) in [4.78, 5) is 0. The molecule has 0 saturated carbocycles. The van der Waals surface area contributed by atoms with Gasteiger partial charge in [0.2, 0.25) is 0 Å². The first-order valence-electron chi connectivity index (χ1n) is 7.57. The summed E-state index contributed by atoms with van der Waals surface area (Å²) in [5, 5.41) is 3.58.